The number of hydrogen-bond acceptors (Lipinski definition) is 5. The van der Waals surface area contributed by atoms with Gasteiger partial charge in [0.25, 0.3) is 5.91 Å². The number of nitrogens with one attached hydrogen (secondary N) is 1. The Morgan fingerprint density at radius 2 is 1.66 bits per heavy atom. The molecule has 1 amide bonds. The van der Waals surface area contributed by atoms with Crippen molar-refractivity contribution in [3.05, 3.63) is 48.0 Å². The minimum atomic E-state index is -3.56. The van der Waals surface area contributed by atoms with E-state index in [1.54, 1.807) is 22.5 Å². The molecule has 1 N–H and O–H groups in total. The van der Waals surface area contributed by atoms with Crippen LogP contribution in [0.25, 0.3) is 0 Å². The lowest BCUT2D eigenvalue weighted by Gasteiger charge is -2.34. The predicted molar refractivity (Wildman–Crippen MR) is 109 cm³/mol. The number of carbonyl (C=O) groups excluding carboxylic acids is 1. The first kappa shape index (κ1) is 19.7. The molecule has 29 heavy (non-hydrogen) atoms. The standard InChI is InChI=1S/C21H24N2O5S/c1-14-9-15(2)12-23(11-14)29(25,26)18-6-3-16(4-7-18)21(24)22-17-5-8-19-20(10-17)28-13-27-19/h3-8,10,14-15H,9,11-13H2,1-2H3,(H,22,24). The number of sulfonamides is 1. The molecule has 154 valence electrons. The van der Waals surface area contributed by atoms with E-state index < -0.39 is 10.0 Å². The summed E-state index contributed by atoms with van der Waals surface area (Å²) in [5.74, 6) is 1.56. The van der Waals surface area contributed by atoms with Gasteiger partial charge in [-0.25, -0.2) is 8.42 Å². The van der Waals surface area contributed by atoms with Gasteiger partial charge in [-0.2, -0.15) is 4.31 Å². The van der Waals surface area contributed by atoms with Gasteiger partial charge in [0.05, 0.1) is 4.90 Å². The van der Waals surface area contributed by atoms with Gasteiger partial charge in [0, 0.05) is 30.4 Å². The van der Waals surface area contributed by atoms with Crippen LogP contribution in [0.15, 0.2) is 47.4 Å². The lowest BCUT2D eigenvalue weighted by atomic mass is 9.94. The number of amides is 1. The summed E-state index contributed by atoms with van der Waals surface area (Å²) in [6.45, 7) is 5.36. The van der Waals surface area contributed by atoms with E-state index in [0.717, 1.165) is 6.42 Å². The Labute approximate surface area is 170 Å². The Morgan fingerprint density at radius 3 is 2.34 bits per heavy atom. The Bertz CT molecular complexity index is 1010. The fourth-order valence-corrected chi connectivity index (χ4v) is 5.59. The molecule has 2 aromatic rings. The summed E-state index contributed by atoms with van der Waals surface area (Å²) in [5.41, 5.74) is 0.953. The molecular formula is C21H24N2O5S. The van der Waals surface area contributed by atoms with E-state index in [-0.39, 0.29) is 17.6 Å². The average Bonchev–Trinajstić information content (AvgIpc) is 3.15. The van der Waals surface area contributed by atoms with Crippen LogP contribution in [0.1, 0.15) is 30.6 Å². The highest BCUT2D eigenvalue weighted by Gasteiger charge is 2.31. The molecule has 8 heteroatoms. The van der Waals surface area contributed by atoms with E-state index in [0.29, 0.717) is 47.7 Å². The van der Waals surface area contributed by atoms with Crippen molar-refractivity contribution in [3.63, 3.8) is 0 Å². The van der Waals surface area contributed by atoms with Gasteiger partial charge in [0.15, 0.2) is 11.5 Å². The summed E-state index contributed by atoms with van der Waals surface area (Å²) in [6, 6.07) is 11.2. The first-order chi connectivity index (χ1) is 13.8. The number of piperidine rings is 1. The molecular weight excluding hydrogens is 392 g/mol. The van der Waals surface area contributed by atoms with Gasteiger partial charge in [-0.15, -0.1) is 0 Å². The van der Waals surface area contributed by atoms with Gasteiger partial charge in [-0.1, -0.05) is 13.8 Å². The average molecular weight is 416 g/mol. The van der Waals surface area contributed by atoms with E-state index in [1.807, 2.05) is 0 Å². The quantitative estimate of drug-likeness (QED) is 0.826. The molecule has 2 aliphatic heterocycles. The lowest BCUT2D eigenvalue weighted by molar-refractivity contribution is 0.102. The van der Waals surface area contributed by atoms with Crippen LogP contribution in [0.4, 0.5) is 5.69 Å². The number of benzene rings is 2. The molecule has 2 atom stereocenters. The topological polar surface area (TPSA) is 84.9 Å². The van der Waals surface area contributed by atoms with Crippen molar-refractivity contribution in [3.8, 4) is 11.5 Å². The summed E-state index contributed by atoms with van der Waals surface area (Å²) in [7, 11) is -3.56. The lowest BCUT2D eigenvalue weighted by Crippen LogP contribution is -2.42. The summed E-state index contributed by atoms with van der Waals surface area (Å²) in [4.78, 5) is 12.7. The Morgan fingerprint density at radius 1 is 1.00 bits per heavy atom. The van der Waals surface area contributed by atoms with Gasteiger partial charge < -0.3 is 14.8 Å². The fraction of sp³-hybridized carbons (Fsp3) is 0.381. The molecule has 2 unspecified atom stereocenters. The van der Waals surface area contributed by atoms with Crippen LogP contribution in [0.3, 0.4) is 0 Å². The third kappa shape index (κ3) is 4.09. The molecule has 0 bridgehead atoms. The third-order valence-electron chi connectivity index (χ3n) is 5.22. The number of nitrogens with zero attached hydrogens (tertiary/aromatic N) is 1. The molecule has 2 aromatic carbocycles. The van der Waals surface area contributed by atoms with Gasteiger partial charge >= 0.3 is 0 Å². The van der Waals surface area contributed by atoms with Crippen LogP contribution in [-0.4, -0.2) is 38.5 Å². The van der Waals surface area contributed by atoms with E-state index in [4.69, 9.17) is 9.47 Å². The normalized spacial score (nSPS) is 21.7. The molecule has 0 saturated carbocycles. The summed E-state index contributed by atoms with van der Waals surface area (Å²) >= 11 is 0. The molecule has 1 fully saturated rings. The van der Waals surface area contributed by atoms with Crippen LogP contribution in [0.2, 0.25) is 0 Å². The zero-order valence-electron chi connectivity index (χ0n) is 16.4. The molecule has 7 nitrogen and oxygen atoms in total. The van der Waals surface area contributed by atoms with Crippen molar-refractivity contribution in [1.29, 1.82) is 0 Å². The van der Waals surface area contributed by atoms with E-state index >= 15 is 0 Å². The summed E-state index contributed by atoms with van der Waals surface area (Å²) in [5, 5.41) is 2.79. The van der Waals surface area contributed by atoms with Crippen LogP contribution in [0, 0.1) is 11.8 Å². The van der Waals surface area contributed by atoms with Crippen molar-refractivity contribution in [2.24, 2.45) is 11.8 Å². The van der Waals surface area contributed by atoms with E-state index in [2.05, 4.69) is 19.2 Å². The van der Waals surface area contributed by atoms with Crippen LogP contribution in [0.5, 0.6) is 11.5 Å². The highest BCUT2D eigenvalue weighted by molar-refractivity contribution is 7.89. The third-order valence-corrected chi connectivity index (χ3v) is 7.07. The maximum atomic E-state index is 13.0. The van der Waals surface area contributed by atoms with Crippen molar-refractivity contribution >= 4 is 21.6 Å². The molecule has 0 aromatic heterocycles. The molecule has 2 heterocycles. The van der Waals surface area contributed by atoms with Crippen molar-refractivity contribution in [1.82, 2.24) is 4.31 Å². The molecule has 0 aliphatic carbocycles. The van der Waals surface area contributed by atoms with Gasteiger partial charge in [-0.05, 0) is 54.7 Å². The van der Waals surface area contributed by atoms with Gasteiger partial charge in [-0.3, -0.25) is 4.79 Å². The highest BCUT2D eigenvalue weighted by atomic mass is 32.2. The Hall–Kier alpha value is -2.58. The Balaban J connectivity index is 1.47. The highest BCUT2D eigenvalue weighted by Crippen LogP contribution is 2.34. The Kier molecular flexibility index (Phi) is 5.23. The monoisotopic (exact) mass is 416 g/mol. The largest absolute Gasteiger partial charge is 0.454 e. The fourth-order valence-electron chi connectivity index (χ4n) is 3.91. The summed E-state index contributed by atoms with van der Waals surface area (Å²) in [6.07, 6.45) is 1.03. The number of anilines is 1. The first-order valence-corrected chi connectivity index (χ1v) is 11.1. The number of carbonyl (C=O) groups is 1. The number of fused-ring (bicyclic) bond motifs is 1. The molecule has 0 spiro atoms. The first-order valence-electron chi connectivity index (χ1n) is 9.64. The summed E-state index contributed by atoms with van der Waals surface area (Å²) < 4.78 is 38.0. The van der Waals surface area contributed by atoms with Crippen molar-refractivity contribution in [2.75, 3.05) is 25.2 Å². The number of rotatable bonds is 4. The van der Waals surface area contributed by atoms with Crippen LogP contribution in [-0.2, 0) is 10.0 Å². The van der Waals surface area contributed by atoms with Gasteiger partial charge in [0.2, 0.25) is 16.8 Å². The predicted octanol–water partition coefficient (Wildman–Crippen LogP) is 3.33. The zero-order valence-corrected chi connectivity index (χ0v) is 17.2. The molecule has 1 saturated heterocycles. The second-order valence-corrected chi connectivity index (χ2v) is 9.75. The SMILES string of the molecule is CC1CC(C)CN(S(=O)(=O)c2ccc(C(=O)Nc3ccc4c(c3)OCO4)cc2)C1. The molecule has 2 aliphatic rings. The zero-order chi connectivity index (χ0) is 20.6. The van der Waals surface area contributed by atoms with E-state index in [9.17, 15) is 13.2 Å². The smallest absolute Gasteiger partial charge is 0.255 e. The number of hydrogen-bond donors (Lipinski definition) is 1. The number of ether oxygens (including phenoxy) is 2. The van der Waals surface area contributed by atoms with Crippen LogP contribution >= 0.6 is 0 Å². The van der Waals surface area contributed by atoms with Crippen LogP contribution < -0.4 is 14.8 Å². The second-order valence-electron chi connectivity index (χ2n) is 7.81. The minimum absolute atomic E-state index is 0.164. The van der Waals surface area contributed by atoms with Crippen molar-refractivity contribution in [2.45, 2.75) is 25.2 Å². The molecule has 4 rings (SSSR count). The maximum absolute atomic E-state index is 13.0. The minimum Gasteiger partial charge on any atom is -0.454 e. The van der Waals surface area contributed by atoms with Gasteiger partial charge in [0.1, 0.15) is 0 Å². The second kappa shape index (κ2) is 7.68. The van der Waals surface area contributed by atoms with E-state index in [1.165, 1.54) is 24.3 Å². The van der Waals surface area contributed by atoms with Crippen molar-refractivity contribution < 1.29 is 22.7 Å². The maximum Gasteiger partial charge on any atom is 0.255 e. The molecule has 0 radical (unpaired) electrons.